The predicted octanol–water partition coefficient (Wildman–Crippen LogP) is 7.66. The van der Waals surface area contributed by atoms with Gasteiger partial charge >= 0.3 is 0 Å². The fourth-order valence-electron chi connectivity index (χ4n) is 4.34. The van der Waals surface area contributed by atoms with Crippen molar-refractivity contribution in [3.8, 4) is 39.6 Å². The second kappa shape index (κ2) is 11.6. The Morgan fingerprint density at radius 2 is 1.45 bits per heavy atom. The third-order valence-electron chi connectivity index (χ3n) is 6.33. The first-order valence-corrected chi connectivity index (χ1v) is 13.8. The maximum Gasteiger partial charge on any atom is 0.215 e. The van der Waals surface area contributed by atoms with Crippen molar-refractivity contribution in [2.45, 2.75) is 0 Å². The van der Waals surface area contributed by atoms with Crippen molar-refractivity contribution < 1.29 is 4.74 Å². The van der Waals surface area contributed by atoms with E-state index in [2.05, 4.69) is 32.3 Å². The Bertz CT molecular complexity index is 1820. The molecule has 0 spiro atoms. The van der Waals surface area contributed by atoms with Gasteiger partial charge in [0.1, 0.15) is 11.4 Å². The summed E-state index contributed by atoms with van der Waals surface area (Å²) >= 11 is 7.67. The van der Waals surface area contributed by atoms with Gasteiger partial charge in [-0.05, 0) is 66.2 Å². The summed E-state index contributed by atoms with van der Waals surface area (Å²) in [7, 11) is 1.66. The molecule has 0 saturated carbocycles. The zero-order chi connectivity index (χ0) is 27.3. The van der Waals surface area contributed by atoms with Crippen LogP contribution in [-0.4, -0.2) is 27.7 Å². The number of hydrogen-bond donors (Lipinski definition) is 0. The standard InChI is InChI=1S/C32H24ClN5OS/c1-39-29-18-14-24(15-19-29)31-25(21-37(36-31)27-8-4-2-5-9-27)20-34-35-32-38(28-10-6-3-7-11-28)30(22-40-32)23-12-16-26(33)17-13-23/h2-22H,1H3/b34-20-,35-32-. The highest BCUT2D eigenvalue weighted by Crippen LogP contribution is 2.26. The first kappa shape index (κ1) is 25.6. The number of ether oxygens (including phenoxy) is 1. The van der Waals surface area contributed by atoms with Crippen LogP contribution in [0.1, 0.15) is 5.56 Å². The van der Waals surface area contributed by atoms with Crippen molar-refractivity contribution in [1.82, 2.24) is 14.3 Å². The molecule has 0 amide bonds. The topological polar surface area (TPSA) is 56.7 Å². The average Bonchev–Trinajstić information content (AvgIpc) is 3.63. The van der Waals surface area contributed by atoms with Gasteiger partial charge in [-0.15, -0.1) is 16.4 Å². The Morgan fingerprint density at radius 3 is 2.12 bits per heavy atom. The maximum absolute atomic E-state index is 6.15. The molecule has 0 aliphatic carbocycles. The highest BCUT2D eigenvalue weighted by Gasteiger charge is 2.13. The Hall–Kier alpha value is -4.72. The normalized spacial score (nSPS) is 11.8. The molecule has 6 aromatic rings. The highest BCUT2D eigenvalue weighted by molar-refractivity contribution is 7.07. The van der Waals surface area contributed by atoms with Crippen molar-refractivity contribution in [2.75, 3.05) is 7.11 Å². The van der Waals surface area contributed by atoms with Crippen molar-refractivity contribution >= 4 is 29.2 Å². The van der Waals surface area contributed by atoms with E-state index in [0.717, 1.165) is 50.0 Å². The molecule has 0 radical (unpaired) electrons. The lowest BCUT2D eigenvalue weighted by Crippen LogP contribution is -2.13. The van der Waals surface area contributed by atoms with Gasteiger partial charge in [-0.3, -0.25) is 4.57 Å². The van der Waals surface area contributed by atoms with Gasteiger partial charge in [0.25, 0.3) is 0 Å². The van der Waals surface area contributed by atoms with Gasteiger partial charge in [-0.1, -0.05) is 60.1 Å². The van der Waals surface area contributed by atoms with E-state index < -0.39 is 0 Å². The van der Waals surface area contributed by atoms with Crippen LogP contribution in [0.15, 0.2) is 131 Å². The minimum Gasteiger partial charge on any atom is -0.497 e. The smallest absolute Gasteiger partial charge is 0.215 e. The molecule has 8 heteroatoms. The Balaban J connectivity index is 1.43. The summed E-state index contributed by atoms with van der Waals surface area (Å²) in [6.07, 6.45) is 3.72. The van der Waals surface area contributed by atoms with Crippen molar-refractivity contribution in [1.29, 1.82) is 0 Å². The van der Waals surface area contributed by atoms with Crippen LogP contribution in [0.4, 0.5) is 0 Å². The molecular formula is C32H24ClN5OS. The Kier molecular flexibility index (Phi) is 7.39. The summed E-state index contributed by atoms with van der Waals surface area (Å²) in [5, 5.41) is 16.8. The van der Waals surface area contributed by atoms with E-state index in [1.807, 2.05) is 108 Å². The second-order valence-electron chi connectivity index (χ2n) is 8.87. The van der Waals surface area contributed by atoms with Gasteiger partial charge in [0, 0.05) is 33.4 Å². The molecule has 40 heavy (non-hydrogen) atoms. The molecule has 0 atom stereocenters. The summed E-state index contributed by atoms with van der Waals surface area (Å²) in [5.74, 6) is 0.788. The quantitative estimate of drug-likeness (QED) is 0.148. The molecule has 0 bridgehead atoms. The first-order chi connectivity index (χ1) is 19.7. The molecular weight excluding hydrogens is 538 g/mol. The molecule has 0 saturated heterocycles. The molecule has 0 aliphatic heterocycles. The summed E-state index contributed by atoms with van der Waals surface area (Å²) in [4.78, 5) is 0.744. The molecule has 0 fully saturated rings. The summed E-state index contributed by atoms with van der Waals surface area (Å²) in [5.41, 5.74) is 6.61. The maximum atomic E-state index is 6.15. The number of hydrogen-bond acceptors (Lipinski definition) is 5. The van der Waals surface area contributed by atoms with Crippen molar-refractivity contribution in [3.05, 3.63) is 136 Å². The Labute approximate surface area is 240 Å². The Morgan fingerprint density at radius 1 is 0.800 bits per heavy atom. The number of benzene rings is 4. The molecule has 196 valence electrons. The number of halogens is 1. The summed E-state index contributed by atoms with van der Waals surface area (Å²) in [6.45, 7) is 0. The minimum absolute atomic E-state index is 0.698. The zero-order valence-corrected chi connectivity index (χ0v) is 23.1. The SMILES string of the molecule is COc1ccc(-c2nn(-c3ccccc3)cc2/C=N\N=c2/scc(-c3ccc(Cl)cc3)n2-c2ccccc2)cc1. The lowest BCUT2D eigenvalue weighted by atomic mass is 10.1. The number of nitrogens with zero attached hydrogens (tertiary/aromatic N) is 5. The van der Waals surface area contributed by atoms with Crippen LogP contribution in [0.5, 0.6) is 5.75 Å². The number of methoxy groups -OCH3 is 1. The number of aromatic nitrogens is 3. The van der Waals surface area contributed by atoms with Crippen LogP contribution in [0.25, 0.3) is 33.9 Å². The summed E-state index contributed by atoms with van der Waals surface area (Å²) < 4.78 is 9.29. The fourth-order valence-corrected chi connectivity index (χ4v) is 5.33. The third kappa shape index (κ3) is 5.38. The van der Waals surface area contributed by atoms with Crippen LogP contribution in [0.2, 0.25) is 5.02 Å². The molecule has 6 nitrogen and oxygen atoms in total. The van der Waals surface area contributed by atoms with E-state index >= 15 is 0 Å². The molecule has 2 heterocycles. The molecule has 0 N–H and O–H groups in total. The fraction of sp³-hybridized carbons (Fsp3) is 0.0312. The van der Waals surface area contributed by atoms with Crippen LogP contribution in [0, 0.1) is 0 Å². The van der Waals surface area contributed by atoms with E-state index in [9.17, 15) is 0 Å². The van der Waals surface area contributed by atoms with Gasteiger partial charge in [-0.2, -0.15) is 10.2 Å². The minimum atomic E-state index is 0.698. The summed E-state index contributed by atoms with van der Waals surface area (Å²) in [6, 6.07) is 35.8. The van der Waals surface area contributed by atoms with Gasteiger partial charge in [0.2, 0.25) is 4.80 Å². The van der Waals surface area contributed by atoms with Crippen molar-refractivity contribution in [2.24, 2.45) is 10.2 Å². The average molecular weight is 562 g/mol. The van der Waals surface area contributed by atoms with Gasteiger partial charge < -0.3 is 4.74 Å². The lowest BCUT2D eigenvalue weighted by molar-refractivity contribution is 0.415. The lowest BCUT2D eigenvalue weighted by Gasteiger charge is -2.09. The molecule has 0 aliphatic rings. The second-order valence-corrected chi connectivity index (χ2v) is 10.1. The van der Waals surface area contributed by atoms with Crippen LogP contribution in [-0.2, 0) is 0 Å². The van der Waals surface area contributed by atoms with Crippen molar-refractivity contribution in [3.63, 3.8) is 0 Å². The van der Waals surface area contributed by atoms with Crippen LogP contribution in [0.3, 0.4) is 0 Å². The van der Waals surface area contributed by atoms with E-state index in [4.69, 9.17) is 21.4 Å². The number of rotatable bonds is 7. The van der Waals surface area contributed by atoms with E-state index in [1.54, 1.807) is 13.3 Å². The van der Waals surface area contributed by atoms with Gasteiger partial charge in [0.15, 0.2) is 0 Å². The molecule has 4 aromatic carbocycles. The molecule has 6 rings (SSSR count). The highest BCUT2D eigenvalue weighted by atomic mass is 35.5. The zero-order valence-electron chi connectivity index (χ0n) is 21.6. The van der Waals surface area contributed by atoms with Crippen LogP contribution < -0.4 is 9.54 Å². The van der Waals surface area contributed by atoms with E-state index in [0.29, 0.717) is 5.02 Å². The molecule has 2 aromatic heterocycles. The number of thiazole rings is 1. The van der Waals surface area contributed by atoms with E-state index in [-0.39, 0.29) is 0 Å². The molecule has 0 unspecified atom stereocenters. The van der Waals surface area contributed by atoms with E-state index in [1.165, 1.54) is 11.3 Å². The largest absolute Gasteiger partial charge is 0.497 e. The van der Waals surface area contributed by atoms with Gasteiger partial charge in [0.05, 0.1) is 24.7 Å². The van der Waals surface area contributed by atoms with Crippen LogP contribution >= 0.6 is 22.9 Å². The first-order valence-electron chi connectivity index (χ1n) is 12.6. The third-order valence-corrected chi connectivity index (χ3v) is 7.40. The number of para-hydroxylation sites is 2. The monoisotopic (exact) mass is 561 g/mol. The predicted molar refractivity (Wildman–Crippen MR) is 163 cm³/mol. The van der Waals surface area contributed by atoms with Gasteiger partial charge in [-0.25, -0.2) is 4.68 Å².